The molecule has 0 bridgehead atoms. The lowest BCUT2D eigenvalue weighted by Crippen LogP contribution is -2.46. The number of amidine groups is 1. The van der Waals surface area contributed by atoms with E-state index < -0.39 is 0 Å². The van der Waals surface area contributed by atoms with Crippen molar-refractivity contribution in [1.29, 1.82) is 0 Å². The van der Waals surface area contributed by atoms with Crippen LogP contribution in [-0.2, 0) is 0 Å². The molecule has 3 heteroatoms. The van der Waals surface area contributed by atoms with Crippen LogP contribution in [0, 0.1) is 5.92 Å². The molecule has 2 nitrogen and oxygen atoms in total. The fourth-order valence-corrected chi connectivity index (χ4v) is 4.21. The molecule has 2 aliphatic rings. The van der Waals surface area contributed by atoms with E-state index in [2.05, 4.69) is 26.1 Å². The minimum absolute atomic E-state index is 0.237. The molecule has 1 aliphatic carbocycles. The van der Waals surface area contributed by atoms with E-state index in [1.165, 1.54) is 49.4 Å². The van der Waals surface area contributed by atoms with Crippen LogP contribution in [-0.4, -0.2) is 22.5 Å². The molecular weight excluding hydrogens is 228 g/mol. The monoisotopic (exact) mass is 254 g/mol. The lowest BCUT2D eigenvalue weighted by Gasteiger charge is -2.34. The van der Waals surface area contributed by atoms with E-state index in [-0.39, 0.29) is 5.54 Å². The molecule has 1 N–H and O–H groups in total. The van der Waals surface area contributed by atoms with Crippen molar-refractivity contribution in [1.82, 2.24) is 5.32 Å². The van der Waals surface area contributed by atoms with Gasteiger partial charge in [-0.3, -0.25) is 4.99 Å². The SMILES string of the molecule is CCC1CCCCC1N=C1NC(C)(C)CCS1. The van der Waals surface area contributed by atoms with Crippen LogP contribution in [0.2, 0.25) is 0 Å². The maximum atomic E-state index is 5.01. The van der Waals surface area contributed by atoms with Crippen LogP contribution in [0.15, 0.2) is 4.99 Å². The maximum Gasteiger partial charge on any atom is 0.157 e. The van der Waals surface area contributed by atoms with Gasteiger partial charge in [0.05, 0.1) is 6.04 Å². The van der Waals surface area contributed by atoms with Gasteiger partial charge >= 0.3 is 0 Å². The summed E-state index contributed by atoms with van der Waals surface area (Å²) in [6.07, 6.45) is 7.97. The second-order valence-electron chi connectivity index (χ2n) is 6.06. The van der Waals surface area contributed by atoms with Crippen molar-refractivity contribution in [2.45, 2.75) is 70.9 Å². The summed E-state index contributed by atoms with van der Waals surface area (Å²) in [5.74, 6) is 2.03. The van der Waals surface area contributed by atoms with Crippen LogP contribution < -0.4 is 5.32 Å². The zero-order valence-corrected chi connectivity index (χ0v) is 12.3. The van der Waals surface area contributed by atoms with Gasteiger partial charge in [0.25, 0.3) is 0 Å². The van der Waals surface area contributed by atoms with Crippen LogP contribution in [0.3, 0.4) is 0 Å². The first-order valence-corrected chi connectivity index (χ1v) is 8.08. The lowest BCUT2D eigenvalue weighted by atomic mass is 9.83. The molecule has 0 amide bonds. The Labute approximate surface area is 110 Å². The Morgan fingerprint density at radius 1 is 1.35 bits per heavy atom. The number of hydrogen-bond donors (Lipinski definition) is 1. The summed E-state index contributed by atoms with van der Waals surface area (Å²) in [5, 5.41) is 4.80. The first kappa shape index (κ1) is 13.3. The Morgan fingerprint density at radius 3 is 2.82 bits per heavy atom. The number of aliphatic imine (C=N–C) groups is 1. The molecular formula is C14H26N2S. The van der Waals surface area contributed by atoms with Gasteiger partial charge in [-0.2, -0.15) is 0 Å². The lowest BCUT2D eigenvalue weighted by molar-refractivity contribution is 0.301. The second-order valence-corrected chi connectivity index (χ2v) is 7.15. The highest BCUT2D eigenvalue weighted by Gasteiger charge is 2.27. The Balaban J connectivity index is 2.01. The smallest absolute Gasteiger partial charge is 0.157 e. The van der Waals surface area contributed by atoms with Gasteiger partial charge in [0.2, 0.25) is 0 Å². The van der Waals surface area contributed by atoms with Gasteiger partial charge in [-0.1, -0.05) is 37.9 Å². The van der Waals surface area contributed by atoms with E-state index >= 15 is 0 Å². The molecule has 0 spiro atoms. The van der Waals surface area contributed by atoms with Gasteiger partial charge in [0, 0.05) is 11.3 Å². The average Bonchev–Trinajstić information content (AvgIpc) is 2.28. The van der Waals surface area contributed by atoms with Gasteiger partial charge in [0.1, 0.15) is 0 Å². The van der Waals surface area contributed by atoms with Crippen molar-refractivity contribution >= 4 is 16.9 Å². The zero-order valence-electron chi connectivity index (χ0n) is 11.5. The standard InChI is InChI=1S/C14H26N2S/c1-4-11-7-5-6-8-12(11)15-13-16-14(2,3)9-10-17-13/h11-12H,4-10H2,1-3H3,(H,15,16). The Kier molecular flexibility index (Phi) is 4.40. The first-order chi connectivity index (χ1) is 8.11. The van der Waals surface area contributed by atoms with Crippen LogP contribution in [0.5, 0.6) is 0 Å². The van der Waals surface area contributed by atoms with Gasteiger partial charge in [-0.15, -0.1) is 0 Å². The fourth-order valence-electron chi connectivity index (χ4n) is 2.85. The van der Waals surface area contributed by atoms with Gasteiger partial charge in [-0.05, 0) is 39.0 Å². The van der Waals surface area contributed by atoms with Crippen molar-refractivity contribution in [2.75, 3.05) is 5.75 Å². The second kappa shape index (κ2) is 5.64. The summed E-state index contributed by atoms with van der Waals surface area (Å²) in [6.45, 7) is 6.87. The van der Waals surface area contributed by atoms with Crippen LogP contribution in [0.25, 0.3) is 0 Å². The molecule has 0 aromatic heterocycles. The van der Waals surface area contributed by atoms with Gasteiger partial charge < -0.3 is 5.32 Å². The summed E-state index contributed by atoms with van der Waals surface area (Å²) >= 11 is 1.91. The topological polar surface area (TPSA) is 24.4 Å². The van der Waals surface area contributed by atoms with Crippen LogP contribution in [0.4, 0.5) is 0 Å². The van der Waals surface area contributed by atoms with E-state index in [1.807, 2.05) is 11.8 Å². The van der Waals surface area contributed by atoms with Crippen molar-refractivity contribution < 1.29 is 0 Å². The maximum absolute atomic E-state index is 5.01. The minimum atomic E-state index is 0.237. The van der Waals surface area contributed by atoms with E-state index in [4.69, 9.17) is 4.99 Å². The third-order valence-corrected chi connectivity index (χ3v) is 4.98. The molecule has 0 aromatic rings. The highest BCUT2D eigenvalue weighted by atomic mass is 32.2. The molecule has 1 saturated heterocycles. The van der Waals surface area contributed by atoms with E-state index in [0.717, 1.165) is 5.92 Å². The largest absolute Gasteiger partial charge is 0.360 e. The number of nitrogens with one attached hydrogen (secondary N) is 1. The van der Waals surface area contributed by atoms with Crippen LogP contribution >= 0.6 is 11.8 Å². The molecule has 2 fully saturated rings. The molecule has 1 heterocycles. The number of nitrogens with zero attached hydrogens (tertiary/aromatic N) is 1. The Bertz CT molecular complexity index is 286. The van der Waals surface area contributed by atoms with Crippen molar-refractivity contribution in [3.05, 3.63) is 0 Å². The highest BCUT2D eigenvalue weighted by Crippen LogP contribution is 2.31. The molecule has 2 atom stereocenters. The molecule has 98 valence electrons. The molecule has 0 aromatic carbocycles. The van der Waals surface area contributed by atoms with Crippen molar-refractivity contribution in [3.8, 4) is 0 Å². The fraction of sp³-hybridized carbons (Fsp3) is 0.929. The van der Waals surface area contributed by atoms with E-state index in [1.54, 1.807) is 0 Å². The summed E-state index contributed by atoms with van der Waals surface area (Å²) in [5.41, 5.74) is 0.237. The summed E-state index contributed by atoms with van der Waals surface area (Å²) in [7, 11) is 0. The first-order valence-electron chi connectivity index (χ1n) is 7.09. The predicted octanol–water partition coefficient (Wildman–Crippen LogP) is 3.82. The number of rotatable bonds is 2. The summed E-state index contributed by atoms with van der Waals surface area (Å²) < 4.78 is 0. The predicted molar refractivity (Wildman–Crippen MR) is 77.8 cm³/mol. The normalized spacial score (nSPS) is 35.6. The van der Waals surface area contributed by atoms with Crippen molar-refractivity contribution in [3.63, 3.8) is 0 Å². The minimum Gasteiger partial charge on any atom is -0.360 e. The highest BCUT2D eigenvalue weighted by molar-refractivity contribution is 8.13. The average molecular weight is 254 g/mol. The molecule has 1 aliphatic heterocycles. The summed E-state index contributed by atoms with van der Waals surface area (Å²) in [4.78, 5) is 5.01. The Morgan fingerprint density at radius 2 is 2.12 bits per heavy atom. The quantitative estimate of drug-likeness (QED) is 0.810. The molecule has 2 rings (SSSR count). The molecule has 0 radical (unpaired) electrons. The Hall–Kier alpha value is -0.180. The third-order valence-electron chi connectivity index (χ3n) is 4.09. The third kappa shape index (κ3) is 3.64. The van der Waals surface area contributed by atoms with Crippen LogP contribution in [0.1, 0.15) is 59.3 Å². The zero-order chi connectivity index (χ0) is 12.3. The van der Waals surface area contributed by atoms with E-state index in [9.17, 15) is 0 Å². The van der Waals surface area contributed by atoms with Gasteiger partial charge in [-0.25, -0.2) is 0 Å². The van der Waals surface area contributed by atoms with Gasteiger partial charge in [0.15, 0.2) is 5.17 Å². The summed E-state index contributed by atoms with van der Waals surface area (Å²) in [6, 6.07) is 0.581. The number of hydrogen-bond acceptors (Lipinski definition) is 2. The molecule has 2 unspecified atom stereocenters. The van der Waals surface area contributed by atoms with E-state index in [0.29, 0.717) is 6.04 Å². The molecule has 1 saturated carbocycles. The number of thioether (sulfide) groups is 1. The van der Waals surface area contributed by atoms with Crippen molar-refractivity contribution in [2.24, 2.45) is 10.9 Å². The molecule has 17 heavy (non-hydrogen) atoms.